The Labute approximate surface area is 115 Å². The summed E-state index contributed by atoms with van der Waals surface area (Å²) >= 11 is 0. The maximum atomic E-state index is 12.3. The van der Waals surface area contributed by atoms with E-state index in [4.69, 9.17) is 5.11 Å². The molecule has 5 heteroatoms. The Bertz CT molecular complexity index is 312. The van der Waals surface area contributed by atoms with Crippen LogP contribution in [0.4, 0.5) is 0 Å². The third kappa shape index (κ3) is 4.82. The van der Waals surface area contributed by atoms with Crippen LogP contribution in [0.1, 0.15) is 46.0 Å². The molecule has 1 fully saturated rings. The molecule has 0 aliphatic carbocycles. The van der Waals surface area contributed by atoms with Gasteiger partial charge in [0.25, 0.3) is 0 Å². The Morgan fingerprint density at radius 3 is 2.74 bits per heavy atom. The molecule has 1 rings (SSSR count). The van der Waals surface area contributed by atoms with Crippen molar-refractivity contribution in [2.45, 2.75) is 46.0 Å². The average molecular weight is 270 g/mol. The third-order valence-electron chi connectivity index (χ3n) is 3.92. The largest absolute Gasteiger partial charge is 0.481 e. The smallest absolute Gasteiger partial charge is 0.303 e. The van der Waals surface area contributed by atoms with Gasteiger partial charge in [0.2, 0.25) is 5.91 Å². The number of carbonyl (C=O) groups excluding carboxylic acids is 1. The van der Waals surface area contributed by atoms with E-state index in [9.17, 15) is 9.59 Å². The molecule has 1 heterocycles. The van der Waals surface area contributed by atoms with Crippen molar-refractivity contribution < 1.29 is 14.7 Å². The van der Waals surface area contributed by atoms with Crippen LogP contribution in [-0.2, 0) is 9.59 Å². The van der Waals surface area contributed by atoms with Crippen molar-refractivity contribution in [1.29, 1.82) is 0 Å². The van der Waals surface area contributed by atoms with Gasteiger partial charge in [-0.25, -0.2) is 0 Å². The summed E-state index contributed by atoms with van der Waals surface area (Å²) in [6, 6.07) is 0. The molecule has 0 spiro atoms. The molecule has 1 amide bonds. The van der Waals surface area contributed by atoms with Crippen LogP contribution in [0.5, 0.6) is 0 Å². The third-order valence-corrected chi connectivity index (χ3v) is 3.92. The number of carbonyl (C=O) groups is 2. The van der Waals surface area contributed by atoms with Gasteiger partial charge in [-0.15, -0.1) is 0 Å². The standard InChI is InChI=1S/C14H26N2O3/c1-3-6-14(7-8-15-10-14)13(19)16-9-11(2)4-5-12(17)18/h11,15H,3-10H2,1-2H3,(H,16,19)(H,17,18). The zero-order valence-corrected chi connectivity index (χ0v) is 12.0. The first kappa shape index (κ1) is 16.0. The van der Waals surface area contributed by atoms with E-state index in [1.807, 2.05) is 6.92 Å². The predicted octanol–water partition coefficient (Wildman–Crippen LogP) is 1.38. The first-order valence-electron chi connectivity index (χ1n) is 7.21. The second-order valence-electron chi connectivity index (χ2n) is 5.70. The van der Waals surface area contributed by atoms with Crippen LogP contribution in [-0.4, -0.2) is 36.6 Å². The molecule has 1 aliphatic heterocycles. The van der Waals surface area contributed by atoms with Crippen LogP contribution >= 0.6 is 0 Å². The van der Waals surface area contributed by atoms with Crippen molar-refractivity contribution in [1.82, 2.24) is 10.6 Å². The highest BCUT2D eigenvalue weighted by Crippen LogP contribution is 2.31. The van der Waals surface area contributed by atoms with Gasteiger partial charge in [0, 0.05) is 19.5 Å². The fourth-order valence-electron chi connectivity index (χ4n) is 2.67. The molecule has 1 saturated heterocycles. The van der Waals surface area contributed by atoms with Crippen LogP contribution in [0.15, 0.2) is 0 Å². The lowest BCUT2D eigenvalue weighted by Crippen LogP contribution is -2.44. The monoisotopic (exact) mass is 270 g/mol. The zero-order valence-electron chi connectivity index (χ0n) is 12.0. The molecular formula is C14H26N2O3. The predicted molar refractivity (Wildman–Crippen MR) is 73.9 cm³/mol. The number of nitrogens with one attached hydrogen (secondary N) is 2. The topological polar surface area (TPSA) is 78.4 Å². The Balaban J connectivity index is 2.38. The van der Waals surface area contributed by atoms with E-state index in [1.165, 1.54) is 0 Å². The van der Waals surface area contributed by atoms with E-state index in [0.29, 0.717) is 13.0 Å². The van der Waals surface area contributed by atoms with Gasteiger partial charge in [0.05, 0.1) is 5.41 Å². The van der Waals surface area contributed by atoms with Crippen molar-refractivity contribution in [2.75, 3.05) is 19.6 Å². The number of amides is 1. The van der Waals surface area contributed by atoms with Crippen molar-refractivity contribution in [2.24, 2.45) is 11.3 Å². The summed E-state index contributed by atoms with van der Waals surface area (Å²) in [5.74, 6) is -0.449. The van der Waals surface area contributed by atoms with E-state index < -0.39 is 5.97 Å². The molecule has 2 atom stereocenters. The molecule has 0 aromatic heterocycles. The number of aliphatic carboxylic acids is 1. The van der Waals surface area contributed by atoms with E-state index in [-0.39, 0.29) is 23.7 Å². The lowest BCUT2D eigenvalue weighted by molar-refractivity contribution is -0.137. The lowest BCUT2D eigenvalue weighted by atomic mass is 9.81. The molecule has 1 aliphatic rings. The van der Waals surface area contributed by atoms with Gasteiger partial charge < -0.3 is 15.7 Å². The molecule has 0 saturated carbocycles. The van der Waals surface area contributed by atoms with Gasteiger partial charge >= 0.3 is 5.97 Å². The number of hydrogen-bond donors (Lipinski definition) is 3. The Hall–Kier alpha value is -1.10. The quantitative estimate of drug-likeness (QED) is 0.622. The molecule has 0 bridgehead atoms. The van der Waals surface area contributed by atoms with E-state index >= 15 is 0 Å². The molecule has 110 valence electrons. The highest BCUT2D eigenvalue weighted by molar-refractivity contribution is 5.83. The number of hydrogen-bond acceptors (Lipinski definition) is 3. The molecule has 0 radical (unpaired) electrons. The van der Waals surface area contributed by atoms with Gasteiger partial charge in [-0.2, -0.15) is 0 Å². The molecule has 0 aromatic rings. The van der Waals surface area contributed by atoms with E-state index in [2.05, 4.69) is 17.6 Å². The van der Waals surface area contributed by atoms with Gasteiger partial charge in [-0.3, -0.25) is 9.59 Å². The molecule has 3 N–H and O–H groups in total. The van der Waals surface area contributed by atoms with E-state index in [0.717, 1.165) is 32.4 Å². The van der Waals surface area contributed by atoms with Gasteiger partial charge in [0.15, 0.2) is 0 Å². The summed E-state index contributed by atoms with van der Waals surface area (Å²) in [5, 5.41) is 14.9. The highest BCUT2D eigenvalue weighted by atomic mass is 16.4. The van der Waals surface area contributed by atoms with Crippen LogP contribution in [0.2, 0.25) is 0 Å². The maximum Gasteiger partial charge on any atom is 0.303 e. The first-order valence-corrected chi connectivity index (χ1v) is 7.21. The summed E-state index contributed by atoms with van der Waals surface area (Å²) in [7, 11) is 0. The van der Waals surface area contributed by atoms with Crippen LogP contribution in [0, 0.1) is 11.3 Å². The lowest BCUT2D eigenvalue weighted by Gasteiger charge is -2.27. The first-order chi connectivity index (χ1) is 9.00. The molecule has 5 nitrogen and oxygen atoms in total. The van der Waals surface area contributed by atoms with Crippen LogP contribution in [0.25, 0.3) is 0 Å². The maximum absolute atomic E-state index is 12.3. The summed E-state index contributed by atoms with van der Waals surface area (Å²) < 4.78 is 0. The van der Waals surface area contributed by atoms with Gasteiger partial charge in [-0.1, -0.05) is 20.3 Å². The molecule has 0 aromatic carbocycles. The second-order valence-corrected chi connectivity index (χ2v) is 5.70. The SMILES string of the molecule is CCCC1(C(=O)NCC(C)CCC(=O)O)CCNC1. The van der Waals surface area contributed by atoms with Crippen molar-refractivity contribution >= 4 is 11.9 Å². The molecule has 19 heavy (non-hydrogen) atoms. The Morgan fingerprint density at radius 1 is 1.47 bits per heavy atom. The molecular weight excluding hydrogens is 244 g/mol. The van der Waals surface area contributed by atoms with Crippen LogP contribution < -0.4 is 10.6 Å². The van der Waals surface area contributed by atoms with Crippen molar-refractivity contribution in [3.8, 4) is 0 Å². The fraction of sp³-hybridized carbons (Fsp3) is 0.857. The van der Waals surface area contributed by atoms with Crippen LogP contribution in [0.3, 0.4) is 0 Å². The summed E-state index contributed by atoms with van der Waals surface area (Å²) in [4.78, 5) is 22.8. The highest BCUT2D eigenvalue weighted by Gasteiger charge is 2.39. The number of carboxylic acids is 1. The minimum Gasteiger partial charge on any atom is -0.481 e. The molecule has 2 unspecified atom stereocenters. The fourth-order valence-corrected chi connectivity index (χ4v) is 2.67. The van der Waals surface area contributed by atoms with Gasteiger partial charge in [-0.05, 0) is 31.7 Å². The average Bonchev–Trinajstić information content (AvgIpc) is 2.83. The Morgan fingerprint density at radius 2 is 2.21 bits per heavy atom. The summed E-state index contributed by atoms with van der Waals surface area (Å²) in [6.07, 6.45) is 3.59. The van der Waals surface area contributed by atoms with Crippen molar-refractivity contribution in [3.63, 3.8) is 0 Å². The number of carboxylic acid groups (broad SMARTS) is 1. The van der Waals surface area contributed by atoms with E-state index in [1.54, 1.807) is 0 Å². The minimum atomic E-state index is -0.777. The Kier molecular flexibility index (Phi) is 6.28. The summed E-state index contributed by atoms with van der Waals surface area (Å²) in [5.41, 5.74) is -0.249. The van der Waals surface area contributed by atoms with Gasteiger partial charge in [0.1, 0.15) is 0 Å². The normalized spacial score (nSPS) is 24.1. The summed E-state index contributed by atoms with van der Waals surface area (Å²) in [6.45, 7) is 6.31. The van der Waals surface area contributed by atoms with Crippen molar-refractivity contribution in [3.05, 3.63) is 0 Å². The number of rotatable bonds is 8. The minimum absolute atomic E-state index is 0.126. The second kappa shape index (κ2) is 7.48. The zero-order chi connectivity index (χ0) is 14.3.